The summed E-state index contributed by atoms with van der Waals surface area (Å²) in [6.45, 7) is 7.85. The lowest BCUT2D eigenvalue weighted by Gasteiger charge is -2.17. The zero-order chi connectivity index (χ0) is 15.3. The topological polar surface area (TPSA) is 12.0 Å². The maximum Gasteiger partial charge on any atom is 0.0115 e. The predicted molar refractivity (Wildman–Crippen MR) is 97.5 cm³/mol. The fraction of sp³-hybridized carbons (Fsp3) is 0.789. The first-order valence-corrected chi connectivity index (χ1v) is 9.92. The van der Waals surface area contributed by atoms with Crippen molar-refractivity contribution < 1.29 is 0 Å². The fourth-order valence-corrected chi connectivity index (χ4v) is 3.92. The van der Waals surface area contributed by atoms with E-state index in [4.69, 9.17) is 0 Å². The van der Waals surface area contributed by atoms with Gasteiger partial charge in [-0.1, -0.05) is 65.7 Å². The summed E-state index contributed by atoms with van der Waals surface area (Å²) in [5.41, 5.74) is 0. The molecule has 1 N–H and O–H groups in total. The van der Waals surface area contributed by atoms with Crippen molar-refractivity contribution in [3.63, 3.8) is 0 Å². The lowest BCUT2D eigenvalue weighted by molar-refractivity contribution is 0.461. The Balaban J connectivity index is 2.20. The second-order valence-electron chi connectivity index (χ2n) is 6.09. The Bertz CT molecular complexity index is 345. The van der Waals surface area contributed by atoms with Crippen molar-refractivity contribution in [3.05, 3.63) is 21.9 Å². The molecule has 1 aromatic heterocycles. The highest BCUT2D eigenvalue weighted by Gasteiger charge is 2.09. The molecular weight excluding hydrogens is 274 g/mol. The van der Waals surface area contributed by atoms with E-state index < -0.39 is 0 Å². The quantitative estimate of drug-likeness (QED) is 0.442. The summed E-state index contributed by atoms with van der Waals surface area (Å²) < 4.78 is 0. The van der Waals surface area contributed by atoms with E-state index in [1.165, 1.54) is 69.1 Å². The maximum absolute atomic E-state index is 3.68. The molecule has 1 nitrogen and oxygen atoms in total. The van der Waals surface area contributed by atoms with Crippen molar-refractivity contribution in [2.75, 3.05) is 6.54 Å². The molecule has 1 heterocycles. The van der Waals surface area contributed by atoms with E-state index in [9.17, 15) is 0 Å². The smallest absolute Gasteiger partial charge is 0.0115 e. The zero-order valence-electron chi connectivity index (χ0n) is 14.4. The summed E-state index contributed by atoms with van der Waals surface area (Å²) in [4.78, 5) is 3.08. The third-order valence-electron chi connectivity index (χ3n) is 4.16. The first-order chi connectivity index (χ1) is 10.3. The fourth-order valence-electron chi connectivity index (χ4n) is 2.88. The third-order valence-corrected chi connectivity index (χ3v) is 5.41. The van der Waals surface area contributed by atoms with E-state index in [1.54, 1.807) is 4.88 Å². The Kier molecular flexibility index (Phi) is 10.9. The first-order valence-electron chi connectivity index (χ1n) is 9.11. The van der Waals surface area contributed by atoms with Gasteiger partial charge in [-0.25, -0.2) is 0 Å². The molecule has 0 saturated carbocycles. The lowest BCUT2D eigenvalue weighted by atomic mass is 10.0. The van der Waals surface area contributed by atoms with Crippen LogP contribution in [0.2, 0.25) is 0 Å². The molecule has 2 heteroatoms. The molecular formula is C19H35NS. The number of likely N-dealkylation sites (N-methyl/N-ethyl adjacent to an activating group) is 1. The van der Waals surface area contributed by atoms with Gasteiger partial charge in [0.05, 0.1) is 0 Å². The van der Waals surface area contributed by atoms with Crippen molar-refractivity contribution in [3.8, 4) is 0 Å². The molecule has 0 aliphatic heterocycles. The minimum Gasteiger partial charge on any atom is -0.314 e. The molecule has 0 bridgehead atoms. The summed E-state index contributed by atoms with van der Waals surface area (Å²) in [7, 11) is 0. The third kappa shape index (κ3) is 8.63. The van der Waals surface area contributed by atoms with Gasteiger partial charge in [-0.2, -0.15) is 0 Å². The number of hydrogen-bond acceptors (Lipinski definition) is 2. The number of nitrogens with one attached hydrogen (secondary N) is 1. The van der Waals surface area contributed by atoms with Gasteiger partial charge >= 0.3 is 0 Å². The van der Waals surface area contributed by atoms with E-state index in [0.29, 0.717) is 6.04 Å². The van der Waals surface area contributed by atoms with Gasteiger partial charge in [0.15, 0.2) is 0 Å². The highest BCUT2D eigenvalue weighted by Crippen LogP contribution is 2.20. The summed E-state index contributed by atoms with van der Waals surface area (Å²) in [6, 6.07) is 5.31. The Morgan fingerprint density at radius 3 is 2.19 bits per heavy atom. The summed E-state index contributed by atoms with van der Waals surface area (Å²) in [5.74, 6) is 0. The largest absolute Gasteiger partial charge is 0.314 e. The van der Waals surface area contributed by atoms with Gasteiger partial charge in [-0.15, -0.1) is 11.3 Å². The number of hydrogen-bond donors (Lipinski definition) is 1. The summed E-state index contributed by atoms with van der Waals surface area (Å²) in [6.07, 6.45) is 13.6. The molecule has 122 valence electrons. The van der Waals surface area contributed by atoms with Crippen LogP contribution >= 0.6 is 11.3 Å². The van der Waals surface area contributed by atoms with Gasteiger partial charge in [0.25, 0.3) is 0 Å². The minimum atomic E-state index is 0.675. The van der Waals surface area contributed by atoms with Crippen LogP contribution < -0.4 is 5.32 Å². The molecule has 1 atom stereocenters. The minimum absolute atomic E-state index is 0.675. The maximum atomic E-state index is 3.68. The Morgan fingerprint density at radius 2 is 1.57 bits per heavy atom. The lowest BCUT2D eigenvalue weighted by Crippen LogP contribution is -2.30. The van der Waals surface area contributed by atoms with Gasteiger partial charge in [-0.3, -0.25) is 0 Å². The summed E-state index contributed by atoms with van der Waals surface area (Å²) >= 11 is 2.00. The van der Waals surface area contributed by atoms with Gasteiger partial charge < -0.3 is 5.32 Å². The van der Waals surface area contributed by atoms with Crippen molar-refractivity contribution in [1.82, 2.24) is 5.32 Å². The molecule has 1 rings (SSSR count). The van der Waals surface area contributed by atoms with E-state index >= 15 is 0 Å². The molecule has 0 saturated heterocycles. The van der Waals surface area contributed by atoms with Crippen LogP contribution in [0.3, 0.4) is 0 Å². The standard InChI is InChI=1S/C19H35NS/c1-4-7-8-9-10-11-12-13-17(20-6-3)16-19-15-14-18(5-2)21-19/h14-15,17,20H,4-13,16H2,1-3H3. The monoisotopic (exact) mass is 309 g/mol. The average molecular weight is 310 g/mol. The van der Waals surface area contributed by atoms with E-state index in [1.807, 2.05) is 11.3 Å². The van der Waals surface area contributed by atoms with Crippen LogP contribution in [0, 0.1) is 0 Å². The zero-order valence-corrected chi connectivity index (χ0v) is 15.2. The number of thiophene rings is 1. The van der Waals surface area contributed by atoms with Crippen molar-refractivity contribution in [2.45, 2.75) is 91.0 Å². The molecule has 0 spiro atoms. The second-order valence-corrected chi connectivity index (χ2v) is 7.34. The number of aryl methyl sites for hydroxylation is 1. The van der Waals surface area contributed by atoms with Gasteiger partial charge in [0, 0.05) is 15.8 Å². The molecule has 0 aliphatic carbocycles. The molecule has 0 amide bonds. The van der Waals surface area contributed by atoms with Gasteiger partial charge in [-0.05, 0) is 37.9 Å². The van der Waals surface area contributed by atoms with Crippen LogP contribution in [0.15, 0.2) is 12.1 Å². The van der Waals surface area contributed by atoms with E-state index in [-0.39, 0.29) is 0 Å². The van der Waals surface area contributed by atoms with Gasteiger partial charge in [0.1, 0.15) is 0 Å². The van der Waals surface area contributed by atoms with E-state index in [0.717, 1.165) is 6.54 Å². The highest BCUT2D eigenvalue weighted by molar-refractivity contribution is 7.11. The number of unbranched alkanes of at least 4 members (excludes halogenated alkanes) is 6. The molecule has 21 heavy (non-hydrogen) atoms. The molecule has 1 unspecified atom stereocenters. The van der Waals surface area contributed by atoms with Crippen LogP contribution in [0.4, 0.5) is 0 Å². The second kappa shape index (κ2) is 12.2. The molecule has 0 fully saturated rings. The Morgan fingerprint density at radius 1 is 0.905 bits per heavy atom. The van der Waals surface area contributed by atoms with Crippen LogP contribution in [0.25, 0.3) is 0 Å². The van der Waals surface area contributed by atoms with Crippen molar-refractivity contribution >= 4 is 11.3 Å². The van der Waals surface area contributed by atoms with Crippen LogP contribution in [-0.2, 0) is 12.8 Å². The van der Waals surface area contributed by atoms with Gasteiger partial charge in [0.2, 0.25) is 0 Å². The average Bonchev–Trinajstić information content (AvgIpc) is 2.94. The SMILES string of the molecule is CCCCCCCCCC(Cc1ccc(CC)s1)NCC. The van der Waals surface area contributed by atoms with Crippen LogP contribution in [0.5, 0.6) is 0 Å². The molecule has 0 radical (unpaired) electrons. The number of rotatable bonds is 13. The highest BCUT2D eigenvalue weighted by atomic mass is 32.1. The molecule has 1 aromatic rings. The first kappa shape index (κ1) is 18.7. The van der Waals surface area contributed by atoms with Crippen molar-refractivity contribution in [2.24, 2.45) is 0 Å². The summed E-state index contributed by atoms with van der Waals surface area (Å²) in [5, 5.41) is 3.68. The van der Waals surface area contributed by atoms with Crippen LogP contribution in [0.1, 0.15) is 81.9 Å². The molecule has 0 aromatic carbocycles. The van der Waals surface area contributed by atoms with E-state index in [2.05, 4.69) is 38.2 Å². The molecule has 0 aliphatic rings. The normalized spacial score (nSPS) is 12.7. The van der Waals surface area contributed by atoms with Crippen LogP contribution in [-0.4, -0.2) is 12.6 Å². The predicted octanol–water partition coefficient (Wildman–Crippen LogP) is 5.97. The Labute approximate surface area is 136 Å². The van der Waals surface area contributed by atoms with Crippen molar-refractivity contribution in [1.29, 1.82) is 0 Å². The Hall–Kier alpha value is -0.340.